The van der Waals surface area contributed by atoms with Gasteiger partial charge in [-0.2, -0.15) is 0 Å². The number of aromatic nitrogens is 2. The topological polar surface area (TPSA) is 93.2 Å². The van der Waals surface area contributed by atoms with Gasteiger partial charge < -0.3 is 10.1 Å². The number of nitrogens with one attached hydrogen (secondary N) is 2. The van der Waals surface area contributed by atoms with Crippen LogP contribution in [0.25, 0.3) is 0 Å². The lowest BCUT2D eigenvalue weighted by Gasteiger charge is -2.05. The minimum Gasteiger partial charge on any atom is -0.497 e. The van der Waals surface area contributed by atoms with Gasteiger partial charge in [0.1, 0.15) is 17.3 Å². The first kappa shape index (κ1) is 17.6. The molecule has 2 aromatic heterocycles. The standard InChI is InChI=1S/C18H16N4O3S/c1-11-4-3-9-19-15(11)21-17(24)14-10-26-18(20-14)22-16(23)12-5-7-13(25-2)8-6-12/h3-10H,1-2H3,(H,19,21,24)(H,20,22,23). The Morgan fingerprint density at radius 3 is 2.54 bits per heavy atom. The summed E-state index contributed by atoms with van der Waals surface area (Å²) < 4.78 is 5.06. The van der Waals surface area contributed by atoms with E-state index in [1.165, 1.54) is 11.3 Å². The highest BCUT2D eigenvalue weighted by molar-refractivity contribution is 7.14. The molecule has 0 saturated heterocycles. The number of carbonyl (C=O) groups excluding carboxylic acids is 2. The number of hydrogen-bond acceptors (Lipinski definition) is 6. The van der Waals surface area contributed by atoms with Gasteiger partial charge in [0.05, 0.1) is 7.11 Å². The van der Waals surface area contributed by atoms with Gasteiger partial charge in [-0.05, 0) is 42.8 Å². The first-order valence-corrected chi connectivity index (χ1v) is 8.58. The zero-order valence-electron chi connectivity index (χ0n) is 14.1. The smallest absolute Gasteiger partial charge is 0.276 e. The average Bonchev–Trinajstić information content (AvgIpc) is 3.12. The molecular weight excluding hydrogens is 352 g/mol. The molecule has 0 atom stereocenters. The van der Waals surface area contributed by atoms with Crippen molar-refractivity contribution in [2.75, 3.05) is 17.7 Å². The Labute approximate surface area is 154 Å². The Morgan fingerprint density at radius 2 is 1.85 bits per heavy atom. The number of hydrogen-bond donors (Lipinski definition) is 2. The number of pyridine rings is 1. The third-order valence-electron chi connectivity index (χ3n) is 3.55. The van der Waals surface area contributed by atoms with E-state index in [9.17, 15) is 9.59 Å². The lowest BCUT2D eigenvalue weighted by molar-refractivity contribution is 0.101. The van der Waals surface area contributed by atoms with Gasteiger partial charge in [0, 0.05) is 17.1 Å². The second kappa shape index (κ2) is 7.75. The van der Waals surface area contributed by atoms with Crippen molar-refractivity contribution in [3.8, 4) is 5.75 Å². The second-order valence-corrected chi connectivity index (χ2v) is 6.20. The van der Waals surface area contributed by atoms with Crippen LogP contribution in [0.2, 0.25) is 0 Å². The number of thiazole rings is 1. The van der Waals surface area contributed by atoms with E-state index in [0.717, 1.165) is 5.56 Å². The zero-order chi connectivity index (χ0) is 18.5. The maximum atomic E-state index is 12.3. The summed E-state index contributed by atoms with van der Waals surface area (Å²) in [4.78, 5) is 32.8. The van der Waals surface area contributed by atoms with Gasteiger partial charge in [0.15, 0.2) is 5.13 Å². The molecule has 0 aliphatic rings. The van der Waals surface area contributed by atoms with Crippen LogP contribution < -0.4 is 15.4 Å². The Bertz CT molecular complexity index is 938. The van der Waals surface area contributed by atoms with Crippen molar-refractivity contribution < 1.29 is 14.3 Å². The van der Waals surface area contributed by atoms with E-state index in [1.807, 2.05) is 13.0 Å². The van der Waals surface area contributed by atoms with Crippen LogP contribution in [0.5, 0.6) is 5.75 Å². The van der Waals surface area contributed by atoms with Crippen LogP contribution in [0.4, 0.5) is 10.9 Å². The minimum absolute atomic E-state index is 0.213. The van der Waals surface area contributed by atoms with E-state index >= 15 is 0 Å². The summed E-state index contributed by atoms with van der Waals surface area (Å²) in [6, 6.07) is 10.3. The van der Waals surface area contributed by atoms with Crippen molar-refractivity contribution in [1.82, 2.24) is 9.97 Å². The van der Waals surface area contributed by atoms with Crippen molar-refractivity contribution in [3.63, 3.8) is 0 Å². The van der Waals surface area contributed by atoms with Crippen LogP contribution in [0.1, 0.15) is 26.4 Å². The molecule has 0 saturated carbocycles. The number of benzene rings is 1. The molecule has 0 bridgehead atoms. The van der Waals surface area contributed by atoms with E-state index in [-0.39, 0.29) is 17.5 Å². The molecule has 3 rings (SSSR count). The number of methoxy groups -OCH3 is 1. The molecule has 0 fully saturated rings. The molecule has 7 nitrogen and oxygen atoms in total. The first-order valence-electron chi connectivity index (χ1n) is 7.70. The molecule has 26 heavy (non-hydrogen) atoms. The van der Waals surface area contributed by atoms with Gasteiger partial charge in [-0.1, -0.05) is 6.07 Å². The molecule has 0 unspecified atom stereocenters. The molecule has 8 heteroatoms. The molecule has 2 heterocycles. The summed E-state index contributed by atoms with van der Waals surface area (Å²) in [5.41, 5.74) is 1.53. The average molecular weight is 368 g/mol. The molecule has 0 radical (unpaired) electrons. The number of rotatable bonds is 5. The van der Waals surface area contributed by atoms with Gasteiger partial charge in [0.25, 0.3) is 11.8 Å². The fourth-order valence-electron chi connectivity index (χ4n) is 2.14. The van der Waals surface area contributed by atoms with Crippen molar-refractivity contribution in [2.24, 2.45) is 0 Å². The number of nitrogens with zero attached hydrogens (tertiary/aromatic N) is 2. The Morgan fingerprint density at radius 1 is 1.08 bits per heavy atom. The molecule has 0 aliphatic heterocycles. The summed E-state index contributed by atoms with van der Waals surface area (Å²) in [6.45, 7) is 1.85. The monoisotopic (exact) mass is 368 g/mol. The molecule has 0 aliphatic carbocycles. The second-order valence-electron chi connectivity index (χ2n) is 5.34. The summed E-state index contributed by atoms with van der Waals surface area (Å²) in [7, 11) is 1.56. The molecular formula is C18H16N4O3S. The summed E-state index contributed by atoms with van der Waals surface area (Å²) in [6.07, 6.45) is 1.60. The quantitative estimate of drug-likeness (QED) is 0.720. The maximum Gasteiger partial charge on any atom is 0.276 e. The van der Waals surface area contributed by atoms with E-state index in [4.69, 9.17) is 4.74 Å². The Hall–Kier alpha value is -3.26. The lowest BCUT2D eigenvalue weighted by atomic mass is 10.2. The number of carbonyl (C=O) groups is 2. The SMILES string of the molecule is COc1ccc(C(=O)Nc2nc(C(=O)Nc3ncccc3C)cs2)cc1. The normalized spacial score (nSPS) is 10.2. The molecule has 2 amide bonds. The van der Waals surface area contributed by atoms with E-state index in [2.05, 4.69) is 20.6 Å². The lowest BCUT2D eigenvalue weighted by Crippen LogP contribution is -2.15. The van der Waals surface area contributed by atoms with Gasteiger partial charge in [0.2, 0.25) is 0 Å². The fourth-order valence-corrected chi connectivity index (χ4v) is 2.82. The third kappa shape index (κ3) is 4.04. The predicted octanol–water partition coefficient (Wildman–Crippen LogP) is 3.36. The fraction of sp³-hybridized carbons (Fsp3) is 0.111. The minimum atomic E-state index is -0.381. The molecule has 3 aromatic rings. The van der Waals surface area contributed by atoms with Crippen molar-refractivity contribution in [3.05, 3.63) is 64.8 Å². The van der Waals surface area contributed by atoms with Gasteiger partial charge in [-0.3, -0.25) is 14.9 Å². The van der Waals surface area contributed by atoms with Gasteiger partial charge >= 0.3 is 0 Å². The largest absolute Gasteiger partial charge is 0.497 e. The van der Waals surface area contributed by atoms with Gasteiger partial charge in [-0.15, -0.1) is 11.3 Å². The summed E-state index contributed by atoms with van der Waals surface area (Å²) in [5, 5.41) is 7.31. The van der Waals surface area contributed by atoms with E-state index < -0.39 is 0 Å². The predicted molar refractivity (Wildman–Crippen MR) is 100.0 cm³/mol. The highest BCUT2D eigenvalue weighted by atomic mass is 32.1. The van der Waals surface area contributed by atoms with Crippen LogP contribution in [0.15, 0.2) is 48.0 Å². The zero-order valence-corrected chi connectivity index (χ0v) is 15.0. The summed E-state index contributed by atoms with van der Waals surface area (Å²) in [5.74, 6) is 0.455. The highest BCUT2D eigenvalue weighted by Crippen LogP contribution is 2.19. The summed E-state index contributed by atoms with van der Waals surface area (Å²) >= 11 is 1.17. The van der Waals surface area contributed by atoms with Crippen LogP contribution in [-0.2, 0) is 0 Å². The van der Waals surface area contributed by atoms with E-state index in [0.29, 0.717) is 22.3 Å². The number of amides is 2. The maximum absolute atomic E-state index is 12.3. The molecule has 1 aromatic carbocycles. The van der Waals surface area contributed by atoms with Crippen molar-refractivity contribution >= 4 is 34.1 Å². The third-order valence-corrected chi connectivity index (χ3v) is 4.31. The molecule has 132 valence electrons. The number of ether oxygens (including phenoxy) is 1. The Balaban J connectivity index is 1.66. The van der Waals surface area contributed by atoms with Crippen LogP contribution in [0, 0.1) is 6.92 Å². The number of anilines is 2. The van der Waals surface area contributed by atoms with Crippen LogP contribution >= 0.6 is 11.3 Å². The highest BCUT2D eigenvalue weighted by Gasteiger charge is 2.14. The molecule has 2 N–H and O–H groups in total. The first-order chi connectivity index (χ1) is 12.6. The Kier molecular flexibility index (Phi) is 5.23. The van der Waals surface area contributed by atoms with Crippen LogP contribution in [0.3, 0.4) is 0 Å². The molecule has 0 spiro atoms. The van der Waals surface area contributed by atoms with E-state index in [1.54, 1.807) is 49.0 Å². The van der Waals surface area contributed by atoms with Crippen LogP contribution in [-0.4, -0.2) is 28.9 Å². The number of aryl methyl sites for hydroxylation is 1. The van der Waals surface area contributed by atoms with Gasteiger partial charge in [-0.25, -0.2) is 9.97 Å². The van der Waals surface area contributed by atoms with Crippen molar-refractivity contribution in [1.29, 1.82) is 0 Å². The van der Waals surface area contributed by atoms with Crippen molar-refractivity contribution in [2.45, 2.75) is 6.92 Å².